The lowest BCUT2D eigenvalue weighted by molar-refractivity contribution is -0.121. The number of rotatable bonds is 8. The van der Waals surface area contributed by atoms with Gasteiger partial charge in [0.15, 0.2) is 0 Å². The van der Waals surface area contributed by atoms with E-state index in [0.29, 0.717) is 10.0 Å². The van der Waals surface area contributed by atoms with Crippen LogP contribution in [-0.2, 0) is 4.79 Å². The van der Waals surface area contributed by atoms with Gasteiger partial charge in [-0.05, 0) is 49.7 Å². The maximum Gasteiger partial charge on any atom is 0.234 e. The highest BCUT2D eigenvalue weighted by molar-refractivity contribution is 6.35. The van der Waals surface area contributed by atoms with Gasteiger partial charge in [0.05, 0.1) is 26.8 Å². The van der Waals surface area contributed by atoms with Crippen molar-refractivity contribution in [1.82, 2.24) is 10.6 Å². The van der Waals surface area contributed by atoms with Gasteiger partial charge < -0.3 is 20.1 Å². The van der Waals surface area contributed by atoms with Gasteiger partial charge in [-0.3, -0.25) is 4.79 Å². The predicted octanol–water partition coefficient (Wildman–Crippen LogP) is 4.54. The van der Waals surface area contributed by atoms with Crippen molar-refractivity contribution < 1.29 is 14.3 Å². The first-order valence-electron chi connectivity index (χ1n) is 8.55. The van der Waals surface area contributed by atoms with E-state index in [0.717, 1.165) is 22.6 Å². The van der Waals surface area contributed by atoms with Gasteiger partial charge in [-0.2, -0.15) is 0 Å². The van der Waals surface area contributed by atoms with Crippen LogP contribution in [0.4, 0.5) is 0 Å². The lowest BCUT2D eigenvalue weighted by Crippen LogP contribution is -2.36. The van der Waals surface area contributed by atoms with E-state index >= 15 is 0 Å². The summed E-state index contributed by atoms with van der Waals surface area (Å²) in [6, 6.07) is 10.5. The Kier molecular flexibility index (Phi) is 7.78. The summed E-state index contributed by atoms with van der Waals surface area (Å²) in [5.41, 5.74) is 1.73. The van der Waals surface area contributed by atoms with E-state index in [-0.39, 0.29) is 24.5 Å². The van der Waals surface area contributed by atoms with Gasteiger partial charge in [-0.1, -0.05) is 29.3 Å². The fourth-order valence-electron chi connectivity index (χ4n) is 2.76. The first kappa shape index (κ1) is 21.4. The standard InChI is InChI=1S/C20H24Cl2N2O3/c1-12(17-10-15(26-3)6-8-19(17)27-4)23-11-20(25)24-13(2)16-7-5-14(21)9-18(16)22/h5-10,12-13,23H,11H2,1-4H3,(H,24,25)/t12-,13-/m0/s1. The molecule has 2 rings (SSSR count). The number of halogens is 2. The zero-order chi connectivity index (χ0) is 20.0. The number of amides is 1. The van der Waals surface area contributed by atoms with Crippen LogP contribution in [0.1, 0.15) is 37.1 Å². The Morgan fingerprint density at radius 3 is 2.37 bits per heavy atom. The van der Waals surface area contributed by atoms with Crippen LogP contribution >= 0.6 is 23.2 Å². The minimum Gasteiger partial charge on any atom is -0.497 e. The zero-order valence-electron chi connectivity index (χ0n) is 15.8. The van der Waals surface area contributed by atoms with Gasteiger partial charge in [-0.15, -0.1) is 0 Å². The van der Waals surface area contributed by atoms with E-state index in [1.165, 1.54) is 0 Å². The molecule has 0 saturated heterocycles. The summed E-state index contributed by atoms with van der Waals surface area (Å²) in [4.78, 5) is 12.3. The van der Waals surface area contributed by atoms with E-state index in [2.05, 4.69) is 10.6 Å². The van der Waals surface area contributed by atoms with E-state index < -0.39 is 0 Å². The fraction of sp³-hybridized carbons (Fsp3) is 0.350. The molecule has 0 unspecified atom stereocenters. The summed E-state index contributed by atoms with van der Waals surface area (Å²) in [6.45, 7) is 3.99. The molecule has 27 heavy (non-hydrogen) atoms. The third-order valence-electron chi connectivity index (χ3n) is 4.28. The van der Waals surface area contributed by atoms with E-state index in [4.69, 9.17) is 32.7 Å². The SMILES string of the molecule is COc1ccc(OC)c([C@H](C)NCC(=O)N[C@@H](C)c2ccc(Cl)cc2Cl)c1. The number of nitrogens with one attached hydrogen (secondary N) is 2. The summed E-state index contributed by atoms with van der Waals surface area (Å²) >= 11 is 12.1. The maximum atomic E-state index is 12.3. The summed E-state index contributed by atoms with van der Waals surface area (Å²) in [5, 5.41) is 7.22. The Labute approximate surface area is 170 Å². The Morgan fingerprint density at radius 2 is 1.74 bits per heavy atom. The molecule has 5 nitrogen and oxygen atoms in total. The van der Waals surface area contributed by atoms with Gasteiger partial charge in [0.1, 0.15) is 11.5 Å². The quantitative estimate of drug-likeness (QED) is 0.670. The average Bonchev–Trinajstić information content (AvgIpc) is 2.65. The summed E-state index contributed by atoms with van der Waals surface area (Å²) in [6.07, 6.45) is 0. The van der Waals surface area contributed by atoms with Crippen molar-refractivity contribution in [3.8, 4) is 11.5 Å². The van der Waals surface area contributed by atoms with Gasteiger partial charge >= 0.3 is 0 Å². The molecular formula is C20H24Cl2N2O3. The highest BCUT2D eigenvalue weighted by Gasteiger charge is 2.16. The predicted molar refractivity (Wildman–Crippen MR) is 109 cm³/mol. The molecule has 2 N–H and O–H groups in total. The molecule has 0 bridgehead atoms. The lowest BCUT2D eigenvalue weighted by Gasteiger charge is -2.20. The molecule has 2 aromatic carbocycles. The fourth-order valence-corrected chi connectivity index (χ4v) is 3.33. The third kappa shape index (κ3) is 5.76. The van der Waals surface area contributed by atoms with Crippen LogP contribution in [0.2, 0.25) is 10.0 Å². The monoisotopic (exact) mass is 410 g/mol. The molecule has 0 spiro atoms. The number of benzene rings is 2. The van der Waals surface area contributed by atoms with Crippen LogP contribution < -0.4 is 20.1 Å². The van der Waals surface area contributed by atoms with E-state index in [1.54, 1.807) is 26.4 Å². The minimum atomic E-state index is -0.231. The summed E-state index contributed by atoms with van der Waals surface area (Å²) in [7, 11) is 3.22. The molecule has 146 valence electrons. The van der Waals surface area contributed by atoms with Crippen molar-refractivity contribution in [2.45, 2.75) is 25.9 Å². The number of hydrogen-bond donors (Lipinski definition) is 2. The largest absolute Gasteiger partial charge is 0.497 e. The van der Waals surface area contributed by atoms with Crippen LogP contribution in [0.25, 0.3) is 0 Å². The zero-order valence-corrected chi connectivity index (χ0v) is 17.3. The number of ether oxygens (including phenoxy) is 2. The smallest absolute Gasteiger partial charge is 0.234 e. The van der Waals surface area contributed by atoms with Crippen LogP contribution in [0.3, 0.4) is 0 Å². The van der Waals surface area contributed by atoms with Gasteiger partial charge in [0, 0.05) is 21.7 Å². The number of carbonyl (C=O) groups is 1. The molecule has 7 heteroatoms. The summed E-state index contributed by atoms with van der Waals surface area (Å²) < 4.78 is 10.7. The first-order valence-corrected chi connectivity index (χ1v) is 9.31. The van der Waals surface area contributed by atoms with Gasteiger partial charge in [-0.25, -0.2) is 0 Å². The molecule has 1 amide bonds. The van der Waals surface area contributed by atoms with Crippen LogP contribution in [0.5, 0.6) is 11.5 Å². The van der Waals surface area contributed by atoms with E-state index in [1.807, 2.05) is 38.1 Å². The highest BCUT2D eigenvalue weighted by atomic mass is 35.5. The Hall–Kier alpha value is -1.95. The molecule has 2 aromatic rings. The molecule has 0 aliphatic rings. The van der Waals surface area contributed by atoms with Gasteiger partial charge in [0.25, 0.3) is 0 Å². The summed E-state index contributed by atoms with van der Waals surface area (Å²) in [5.74, 6) is 1.33. The molecule has 0 fully saturated rings. The molecular weight excluding hydrogens is 387 g/mol. The first-order chi connectivity index (χ1) is 12.8. The normalized spacial score (nSPS) is 13.0. The Bertz CT molecular complexity index is 799. The average molecular weight is 411 g/mol. The Morgan fingerprint density at radius 1 is 1.00 bits per heavy atom. The molecule has 0 heterocycles. The molecule has 2 atom stereocenters. The Balaban J connectivity index is 1.97. The maximum absolute atomic E-state index is 12.3. The van der Waals surface area contributed by atoms with E-state index in [9.17, 15) is 4.79 Å². The van der Waals surface area contributed by atoms with Crippen molar-refractivity contribution in [1.29, 1.82) is 0 Å². The van der Waals surface area contributed by atoms with Crippen molar-refractivity contribution in [2.24, 2.45) is 0 Å². The number of carbonyl (C=O) groups excluding carboxylic acids is 1. The second-order valence-electron chi connectivity index (χ2n) is 6.17. The van der Waals surface area contributed by atoms with Crippen LogP contribution in [-0.4, -0.2) is 26.7 Å². The topological polar surface area (TPSA) is 59.6 Å². The number of methoxy groups -OCH3 is 2. The lowest BCUT2D eigenvalue weighted by atomic mass is 10.1. The molecule has 0 aromatic heterocycles. The second-order valence-corrected chi connectivity index (χ2v) is 7.01. The van der Waals surface area contributed by atoms with Crippen molar-refractivity contribution >= 4 is 29.1 Å². The van der Waals surface area contributed by atoms with Crippen molar-refractivity contribution in [3.63, 3.8) is 0 Å². The third-order valence-corrected chi connectivity index (χ3v) is 4.84. The van der Waals surface area contributed by atoms with Crippen LogP contribution in [0.15, 0.2) is 36.4 Å². The molecule has 0 aliphatic heterocycles. The van der Waals surface area contributed by atoms with Crippen molar-refractivity contribution in [2.75, 3.05) is 20.8 Å². The molecule has 0 aliphatic carbocycles. The molecule has 0 radical (unpaired) electrons. The van der Waals surface area contributed by atoms with Gasteiger partial charge in [0.2, 0.25) is 5.91 Å². The van der Waals surface area contributed by atoms with Crippen molar-refractivity contribution in [3.05, 3.63) is 57.6 Å². The minimum absolute atomic E-state index is 0.102. The highest BCUT2D eigenvalue weighted by Crippen LogP contribution is 2.29. The van der Waals surface area contributed by atoms with Crippen LogP contribution in [0, 0.1) is 0 Å². The molecule has 0 saturated carbocycles. The number of hydrogen-bond acceptors (Lipinski definition) is 4. The second kappa shape index (κ2) is 9.83.